The summed E-state index contributed by atoms with van der Waals surface area (Å²) in [6.45, 7) is 5.21. The van der Waals surface area contributed by atoms with Gasteiger partial charge in [0.05, 0.1) is 11.3 Å². The third-order valence-electron chi connectivity index (χ3n) is 3.33. The zero-order chi connectivity index (χ0) is 15.1. The van der Waals surface area contributed by atoms with Crippen LogP contribution in [0.15, 0.2) is 24.3 Å². The molecule has 0 aromatic heterocycles. The van der Waals surface area contributed by atoms with Crippen LogP contribution in [0.5, 0.6) is 0 Å². The number of rotatable bonds is 5. The Balaban J connectivity index is 1.78. The SMILES string of the molecule is O=C(NCCN1CCNCC1)Nc1ccccc1C(=O)O. The second-order valence-corrected chi connectivity index (χ2v) is 4.82. The highest BCUT2D eigenvalue weighted by Gasteiger charge is 2.12. The predicted octanol–water partition coefficient (Wildman–Crippen LogP) is 0.412. The number of nitrogens with zero attached hydrogens (tertiary/aromatic N) is 1. The second kappa shape index (κ2) is 7.61. The van der Waals surface area contributed by atoms with Crippen molar-refractivity contribution in [3.63, 3.8) is 0 Å². The number of para-hydroxylation sites is 1. The number of amides is 2. The molecule has 1 heterocycles. The summed E-state index contributed by atoms with van der Waals surface area (Å²) in [5.41, 5.74) is 0.374. The number of nitrogens with one attached hydrogen (secondary N) is 3. The maximum atomic E-state index is 11.8. The Hall–Kier alpha value is -2.12. The molecule has 7 nitrogen and oxygen atoms in total. The first-order valence-corrected chi connectivity index (χ1v) is 6.97. The van der Waals surface area contributed by atoms with Gasteiger partial charge < -0.3 is 21.1 Å². The van der Waals surface area contributed by atoms with E-state index in [1.807, 2.05) is 0 Å². The highest BCUT2D eigenvalue weighted by atomic mass is 16.4. The molecule has 1 aliphatic rings. The van der Waals surface area contributed by atoms with Crippen LogP contribution in [0.3, 0.4) is 0 Å². The number of piperazine rings is 1. The molecule has 0 radical (unpaired) electrons. The molecule has 7 heteroatoms. The van der Waals surface area contributed by atoms with Gasteiger partial charge in [0.25, 0.3) is 0 Å². The van der Waals surface area contributed by atoms with Crippen LogP contribution < -0.4 is 16.0 Å². The van der Waals surface area contributed by atoms with Crippen LogP contribution in [-0.2, 0) is 0 Å². The van der Waals surface area contributed by atoms with Gasteiger partial charge in [-0.15, -0.1) is 0 Å². The lowest BCUT2D eigenvalue weighted by Gasteiger charge is -2.27. The summed E-state index contributed by atoms with van der Waals surface area (Å²) in [6, 6.07) is 5.94. The Kier molecular flexibility index (Phi) is 5.53. The number of carboxylic acid groups (broad SMARTS) is 1. The number of urea groups is 1. The quantitative estimate of drug-likeness (QED) is 0.631. The van der Waals surface area contributed by atoms with Crippen LogP contribution in [0.25, 0.3) is 0 Å². The Morgan fingerprint density at radius 2 is 1.95 bits per heavy atom. The molecule has 0 unspecified atom stereocenters. The van der Waals surface area contributed by atoms with Crippen LogP contribution in [-0.4, -0.2) is 61.3 Å². The highest BCUT2D eigenvalue weighted by molar-refractivity contribution is 5.99. The first-order valence-electron chi connectivity index (χ1n) is 6.97. The van der Waals surface area contributed by atoms with Gasteiger partial charge in [-0.25, -0.2) is 9.59 Å². The average Bonchev–Trinajstić information content (AvgIpc) is 2.48. The fourth-order valence-corrected chi connectivity index (χ4v) is 2.21. The van der Waals surface area contributed by atoms with E-state index in [4.69, 9.17) is 5.11 Å². The average molecular weight is 292 g/mol. The van der Waals surface area contributed by atoms with E-state index < -0.39 is 5.97 Å². The molecule has 0 spiro atoms. The molecule has 2 rings (SSSR count). The summed E-state index contributed by atoms with van der Waals surface area (Å²) in [5.74, 6) is -1.06. The lowest BCUT2D eigenvalue weighted by atomic mass is 10.2. The maximum Gasteiger partial charge on any atom is 0.337 e. The number of hydrogen-bond donors (Lipinski definition) is 4. The summed E-state index contributed by atoms with van der Waals surface area (Å²) in [6.07, 6.45) is 0. The van der Waals surface area contributed by atoms with Gasteiger partial charge >= 0.3 is 12.0 Å². The number of benzene rings is 1. The van der Waals surface area contributed by atoms with Crippen molar-refractivity contribution in [1.29, 1.82) is 0 Å². The third-order valence-corrected chi connectivity index (χ3v) is 3.33. The molecular formula is C14H20N4O3. The molecule has 21 heavy (non-hydrogen) atoms. The number of carboxylic acids is 1. The molecule has 1 saturated heterocycles. The van der Waals surface area contributed by atoms with Gasteiger partial charge in [-0.1, -0.05) is 12.1 Å². The van der Waals surface area contributed by atoms with Crippen molar-refractivity contribution in [3.05, 3.63) is 29.8 Å². The summed E-state index contributed by atoms with van der Waals surface area (Å²) >= 11 is 0. The molecule has 2 amide bonds. The molecule has 0 atom stereocenters. The largest absolute Gasteiger partial charge is 0.478 e. The summed E-state index contributed by atoms with van der Waals surface area (Å²) in [4.78, 5) is 25.1. The predicted molar refractivity (Wildman–Crippen MR) is 79.7 cm³/mol. The molecule has 1 fully saturated rings. The van der Waals surface area contributed by atoms with E-state index in [1.165, 1.54) is 6.07 Å². The molecule has 114 valence electrons. The smallest absolute Gasteiger partial charge is 0.337 e. The van der Waals surface area contributed by atoms with E-state index in [-0.39, 0.29) is 11.6 Å². The van der Waals surface area contributed by atoms with Crippen molar-refractivity contribution in [3.8, 4) is 0 Å². The van der Waals surface area contributed by atoms with Crippen molar-refractivity contribution in [1.82, 2.24) is 15.5 Å². The molecule has 1 aliphatic heterocycles. The van der Waals surface area contributed by atoms with E-state index in [0.29, 0.717) is 12.2 Å². The van der Waals surface area contributed by atoms with Gasteiger partial charge in [0, 0.05) is 39.3 Å². The Morgan fingerprint density at radius 1 is 1.24 bits per heavy atom. The zero-order valence-corrected chi connectivity index (χ0v) is 11.8. The van der Waals surface area contributed by atoms with Gasteiger partial charge in [-0.05, 0) is 12.1 Å². The Bertz CT molecular complexity index is 501. The molecule has 0 bridgehead atoms. The van der Waals surface area contributed by atoms with E-state index in [0.717, 1.165) is 32.7 Å². The Morgan fingerprint density at radius 3 is 2.67 bits per heavy atom. The monoisotopic (exact) mass is 292 g/mol. The van der Waals surface area contributed by atoms with Gasteiger partial charge in [0.1, 0.15) is 0 Å². The standard InChI is InChI=1S/C14H20N4O3/c19-13(20)11-3-1-2-4-12(11)17-14(21)16-7-10-18-8-5-15-6-9-18/h1-4,15H,5-10H2,(H,19,20)(H2,16,17,21). The van der Waals surface area contributed by atoms with Gasteiger partial charge in [-0.3, -0.25) is 4.90 Å². The zero-order valence-electron chi connectivity index (χ0n) is 11.8. The van der Waals surface area contributed by atoms with Gasteiger partial charge in [-0.2, -0.15) is 0 Å². The Labute approximate surface area is 123 Å². The van der Waals surface area contributed by atoms with Crippen LogP contribution >= 0.6 is 0 Å². The lowest BCUT2D eigenvalue weighted by Crippen LogP contribution is -2.46. The van der Waals surface area contributed by atoms with E-state index in [9.17, 15) is 9.59 Å². The van der Waals surface area contributed by atoms with E-state index >= 15 is 0 Å². The topological polar surface area (TPSA) is 93.7 Å². The first-order chi connectivity index (χ1) is 10.2. The van der Waals surface area contributed by atoms with Gasteiger partial charge in [0.15, 0.2) is 0 Å². The van der Waals surface area contributed by atoms with Crippen molar-refractivity contribution in [2.75, 3.05) is 44.6 Å². The minimum absolute atomic E-state index is 0.0785. The van der Waals surface area contributed by atoms with Crippen molar-refractivity contribution >= 4 is 17.7 Å². The maximum absolute atomic E-state index is 11.8. The normalized spacial score (nSPS) is 15.4. The van der Waals surface area contributed by atoms with Crippen LogP contribution in [0.2, 0.25) is 0 Å². The molecule has 1 aromatic rings. The summed E-state index contributed by atoms with van der Waals surface area (Å²) in [7, 11) is 0. The van der Waals surface area contributed by atoms with Crippen LogP contribution in [0.4, 0.5) is 10.5 Å². The number of aromatic carboxylic acids is 1. The summed E-state index contributed by atoms with van der Waals surface area (Å²) < 4.78 is 0. The molecule has 0 aliphatic carbocycles. The van der Waals surface area contributed by atoms with E-state index in [1.54, 1.807) is 18.2 Å². The number of hydrogen-bond acceptors (Lipinski definition) is 4. The second-order valence-electron chi connectivity index (χ2n) is 4.82. The van der Waals surface area contributed by atoms with Crippen molar-refractivity contribution < 1.29 is 14.7 Å². The van der Waals surface area contributed by atoms with Crippen molar-refractivity contribution in [2.45, 2.75) is 0 Å². The van der Waals surface area contributed by atoms with E-state index in [2.05, 4.69) is 20.9 Å². The summed E-state index contributed by atoms with van der Waals surface area (Å²) in [5, 5.41) is 17.6. The third kappa shape index (κ3) is 4.73. The number of carbonyl (C=O) groups is 2. The van der Waals surface area contributed by atoms with Gasteiger partial charge in [0.2, 0.25) is 0 Å². The fourth-order valence-electron chi connectivity index (χ4n) is 2.21. The molecule has 1 aromatic carbocycles. The fraction of sp³-hybridized carbons (Fsp3) is 0.429. The van der Waals surface area contributed by atoms with Crippen molar-refractivity contribution in [2.24, 2.45) is 0 Å². The first kappa shape index (κ1) is 15.3. The number of anilines is 1. The minimum Gasteiger partial charge on any atom is -0.478 e. The van der Waals surface area contributed by atoms with Crippen LogP contribution in [0, 0.1) is 0 Å². The molecular weight excluding hydrogens is 272 g/mol. The molecule has 4 N–H and O–H groups in total. The number of carbonyl (C=O) groups excluding carboxylic acids is 1. The highest BCUT2D eigenvalue weighted by Crippen LogP contribution is 2.14. The minimum atomic E-state index is -1.06. The van der Waals surface area contributed by atoms with Crippen LogP contribution in [0.1, 0.15) is 10.4 Å². The lowest BCUT2D eigenvalue weighted by molar-refractivity contribution is 0.0698. The molecule has 0 saturated carbocycles.